The topological polar surface area (TPSA) is 84.5 Å². The first-order chi connectivity index (χ1) is 11.7. The predicted molar refractivity (Wildman–Crippen MR) is 97.3 cm³/mol. The van der Waals surface area contributed by atoms with Crippen molar-refractivity contribution in [2.45, 2.75) is 63.4 Å². The maximum atomic E-state index is 12.6. The minimum absolute atomic E-state index is 0.0200. The molecule has 0 bridgehead atoms. The Labute approximate surface area is 150 Å². The van der Waals surface area contributed by atoms with E-state index in [1.54, 1.807) is 19.9 Å². The number of nitrogens with one attached hydrogen (secondary N) is 2. The van der Waals surface area contributed by atoms with Crippen molar-refractivity contribution in [1.29, 1.82) is 0 Å². The lowest BCUT2D eigenvalue weighted by Gasteiger charge is -2.27. The number of carbonyl (C=O) groups is 1. The lowest BCUT2D eigenvalue weighted by atomic mass is 9.87. The van der Waals surface area contributed by atoms with Crippen LogP contribution in [-0.2, 0) is 10.0 Å². The van der Waals surface area contributed by atoms with Crippen LogP contribution in [0.4, 0.5) is 0 Å². The Morgan fingerprint density at radius 1 is 1.28 bits per heavy atom. The minimum atomic E-state index is -3.76. The molecule has 1 aliphatic carbocycles. The summed E-state index contributed by atoms with van der Waals surface area (Å²) in [5, 5.41) is 3.03. The van der Waals surface area contributed by atoms with E-state index < -0.39 is 10.0 Å². The summed E-state index contributed by atoms with van der Waals surface area (Å²) in [5.74, 6) is 0.569. The highest BCUT2D eigenvalue weighted by Gasteiger charge is 2.24. The SMILES string of the molecule is COc1ccc(C(=O)NC2CCCC(C)C2)cc1S(=O)(=O)NC(C)C. The van der Waals surface area contributed by atoms with Gasteiger partial charge in [-0.05, 0) is 50.8 Å². The first-order valence-electron chi connectivity index (χ1n) is 8.74. The van der Waals surface area contributed by atoms with Crippen LogP contribution in [0.15, 0.2) is 23.1 Å². The van der Waals surface area contributed by atoms with E-state index in [9.17, 15) is 13.2 Å². The molecule has 0 spiro atoms. The van der Waals surface area contributed by atoms with E-state index in [1.165, 1.54) is 25.7 Å². The first kappa shape index (κ1) is 19.7. The molecule has 1 fully saturated rings. The second-order valence-corrected chi connectivity index (χ2v) is 8.77. The van der Waals surface area contributed by atoms with Crippen molar-refractivity contribution in [2.75, 3.05) is 7.11 Å². The van der Waals surface area contributed by atoms with Crippen LogP contribution in [0.3, 0.4) is 0 Å². The van der Waals surface area contributed by atoms with Crippen molar-refractivity contribution in [3.05, 3.63) is 23.8 Å². The molecule has 2 atom stereocenters. The predicted octanol–water partition coefficient (Wildman–Crippen LogP) is 2.69. The van der Waals surface area contributed by atoms with Gasteiger partial charge >= 0.3 is 0 Å². The van der Waals surface area contributed by atoms with Gasteiger partial charge in [0.1, 0.15) is 10.6 Å². The Morgan fingerprint density at radius 3 is 2.60 bits per heavy atom. The zero-order valence-corrected chi connectivity index (χ0v) is 16.2. The Bertz CT molecular complexity index is 716. The molecule has 0 radical (unpaired) electrons. The van der Waals surface area contributed by atoms with Gasteiger partial charge in [0.25, 0.3) is 5.91 Å². The molecule has 1 aliphatic rings. The average Bonchev–Trinajstić information content (AvgIpc) is 2.53. The summed E-state index contributed by atoms with van der Waals surface area (Å²) in [6.07, 6.45) is 4.22. The van der Waals surface area contributed by atoms with Gasteiger partial charge in [0, 0.05) is 17.6 Å². The Hall–Kier alpha value is -1.60. The van der Waals surface area contributed by atoms with Gasteiger partial charge in [0.05, 0.1) is 7.11 Å². The van der Waals surface area contributed by atoms with Crippen molar-refractivity contribution in [3.63, 3.8) is 0 Å². The second-order valence-electron chi connectivity index (χ2n) is 7.08. The molecule has 1 amide bonds. The lowest BCUT2D eigenvalue weighted by Crippen LogP contribution is -2.38. The number of ether oxygens (including phenoxy) is 1. The number of carbonyl (C=O) groups excluding carboxylic acids is 1. The van der Waals surface area contributed by atoms with Gasteiger partial charge in [-0.2, -0.15) is 0 Å². The number of amides is 1. The van der Waals surface area contributed by atoms with Gasteiger partial charge in [-0.25, -0.2) is 13.1 Å². The van der Waals surface area contributed by atoms with E-state index in [0.29, 0.717) is 11.5 Å². The maximum Gasteiger partial charge on any atom is 0.251 e. The molecule has 2 N–H and O–H groups in total. The van der Waals surface area contributed by atoms with E-state index in [2.05, 4.69) is 17.0 Å². The summed E-state index contributed by atoms with van der Waals surface area (Å²) in [6, 6.07) is 4.39. The van der Waals surface area contributed by atoms with Crippen molar-refractivity contribution < 1.29 is 17.9 Å². The summed E-state index contributed by atoms with van der Waals surface area (Å²) in [7, 11) is -2.35. The molecule has 7 heteroatoms. The fourth-order valence-corrected chi connectivity index (χ4v) is 4.68. The summed E-state index contributed by atoms with van der Waals surface area (Å²) in [5.41, 5.74) is 0.322. The smallest absolute Gasteiger partial charge is 0.251 e. The van der Waals surface area contributed by atoms with Crippen LogP contribution >= 0.6 is 0 Å². The monoisotopic (exact) mass is 368 g/mol. The molecular weight excluding hydrogens is 340 g/mol. The Balaban J connectivity index is 2.24. The molecular formula is C18H28N2O4S. The molecule has 0 heterocycles. The van der Waals surface area contributed by atoms with Crippen LogP contribution in [0.25, 0.3) is 0 Å². The quantitative estimate of drug-likeness (QED) is 0.808. The molecule has 25 heavy (non-hydrogen) atoms. The number of benzene rings is 1. The third-order valence-corrected chi connectivity index (χ3v) is 6.06. The van der Waals surface area contributed by atoms with Crippen molar-refractivity contribution in [3.8, 4) is 5.75 Å². The molecule has 0 aliphatic heterocycles. The fraction of sp³-hybridized carbons (Fsp3) is 0.611. The van der Waals surface area contributed by atoms with Gasteiger partial charge in [0.15, 0.2) is 0 Å². The minimum Gasteiger partial charge on any atom is -0.495 e. The first-order valence-corrected chi connectivity index (χ1v) is 10.2. The van der Waals surface area contributed by atoms with Crippen LogP contribution < -0.4 is 14.8 Å². The van der Waals surface area contributed by atoms with Crippen LogP contribution in [-0.4, -0.2) is 33.5 Å². The Kier molecular flexibility index (Phi) is 6.46. The highest BCUT2D eigenvalue weighted by molar-refractivity contribution is 7.89. The van der Waals surface area contributed by atoms with Crippen LogP contribution in [0.1, 0.15) is 56.8 Å². The van der Waals surface area contributed by atoms with Gasteiger partial charge in [-0.15, -0.1) is 0 Å². The van der Waals surface area contributed by atoms with Crippen LogP contribution in [0.2, 0.25) is 0 Å². The second kappa shape index (κ2) is 8.19. The van der Waals surface area contributed by atoms with E-state index in [-0.39, 0.29) is 28.6 Å². The summed E-state index contributed by atoms with van der Waals surface area (Å²) >= 11 is 0. The van der Waals surface area contributed by atoms with Crippen LogP contribution in [0.5, 0.6) is 5.75 Å². The maximum absolute atomic E-state index is 12.6. The van der Waals surface area contributed by atoms with Gasteiger partial charge in [-0.1, -0.05) is 19.8 Å². The average molecular weight is 368 g/mol. The zero-order valence-electron chi connectivity index (χ0n) is 15.3. The van der Waals surface area contributed by atoms with Crippen LogP contribution in [0, 0.1) is 5.92 Å². The zero-order chi connectivity index (χ0) is 18.6. The number of methoxy groups -OCH3 is 1. The van der Waals surface area contributed by atoms with Gasteiger partial charge in [-0.3, -0.25) is 4.79 Å². The van der Waals surface area contributed by atoms with E-state index in [0.717, 1.165) is 19.3 Å². The lowest BCUT2D eigenvalue weighted by molar-refractivity contribution is 0.0921. The molecule has 2 unspecified atom stereocenters. The van der Waals surface area contributed by atoms with Gasteiger partial charge in [0.2, 0.25) is 10.0 Å². The highest BCUT2D eigenvalue weighted by atomic mass is 32.2. The Morgan fingerprint density at radius 2 is 2.00 bits per heavy atom. The van der Waals surface area contributed by atoms with Crippen molar-refractivity contribution in [1.82, 2.24) is 10.0 Å². The molecule has 140 valence electrons. The molecule has 1 aromatic rings. The molecule has 1 aromatic carbocycles. The number of sulfonamides is 1. The highest BCUT2D eigenvalue weighted by Crippen LogP contribution is 2.26. The number of rotatable bonds is 6. The number of hydrogen-bond donors (Lipinski definition) is 2. The number of hydrogen-bond acceptors (Lipinski definition) is 4. The van der Waals surface area contributed by atoms with Crippen molar-refractivity contribution >= 4 is 15.9 Å². The molecule has 1 saturated carbocycles. The van der Waals surface area contributed by atoms with E-state index >= 15 is 0 Å². The largest absolute Gasteiger partial charge is 0.495 e. The van der Waals surface area contributed by atoms with E-state index in [4.69, 9.17) is 4.74 Å². The standard InChI is InChI=1S/C18H28N2O4S/c1-12(2)20-25(22,23)17-11-14(8-9-16(17)24-4)18(21)19-15-7-5-6-13(3)10-15/h8-9,11-13,15,20H,5-7,10H2,1-4H3,(H,19,21). The molecule has 0 aromatic heterocycles. The normalized spacial score (nSPS) is 21.2. The third kappa shape index (κ3) is 5.19. The summed E-state index contributed by atoms with van der Waals surface area (Å²) in [4.78, 5) is 12.5. The van der Waals surface area contributed by atoms with Crippen molar-refractivity contribution in [2.24, 2.45) is 5.92 Å². The fourth-order valence-electron chi connectivity index (χ4n) is 3.24. The van der Waals surface area contributed by atoms with Gasteiger partial charge < -0.3 is 10.1 Å². The third-order valence-electron chi connectivity index (χ3n) is 4.38. The summed E-state index contributed by atoms with van der Waals surface area (Å²) in [6.45, 7) is 5.67. The molecule has 0 saturated heterocycles. The van der Waals surface area contributed by atoms with E-state index in [1.807, 2.05) is 0 Å². The molecule has 2 rings (SSSR count). The summed E-state index contributed by atoms with van der Waals surface area (Å²) < 4.78 is 32.7. The molecule has 6 nitrogen and oxygen atoms in total.